The van der Waals surface area contributed by atoms with Gasteiger partial charge in [-0.2, -0.15) is 13.2 Å². The van der Waals surface area contributed by atoms with Crippen LogP contribution >= 0.6 is 0 Å². The lowest BCUT2D eigenvalue weighted by Crippen LogP contribution is -2.55. The lowest BCUT2D eigenvalue weighted by atomic mass is 10.2. The zero-order valence-corrected chi connectivity index (χ0v) is 10.9. The molecule has 1 atom stereocenters. The molecule has 0 bridgehead atoms. The van der Waals surface area contributed by atoms with E-state index in [1.807, 2.05) is 0 Å². The van der Waals surface area contributed by atoms with E-state index >= 15 is 0 Å². The molecule has 1 aromatic rings. The Balaban J connectivity index is 1.83. The van der Waals surface area contributed by atoms with Crippen LogP contribution in [0, 0.1) is 0 Å². The molecule has 0 aromatic carbocycles. The molecule has 1 saturated heterocycles. The summed E-state index contributed by atoms with van der Waals surface area (Å²) in [6, 6.07) is -1.49. The Kier molecular flexibility index (Phi) is 4.21. The van der Waals surface area contributed by atoms with Crippen molar-refractivity contribution in [3.05, 3.63) is 6.33 Å². The van der Waals surface area contributed by atoms with Gasteiger partial charge in [-0.3, -0.25) is 9.69 Å². The minimum Gasteiger partial charge on any atom is -0.339 e. The standard InChI is InChI=1S/C10H15F3N6O/c1-8(10(11,12)13)17-2-4-18(5-3-17)9(20)6-19-7-14-15-16-19/h7-8H,2-6H2,1H3/t8-/m1/s1. The number of rotatable bonds is 3. The Morgan fingerprint density at radius 2 is 1.95 bits per heavy atom. The van der Waals surface area contributed by atoms with E-state index in [-0.39, 0.29) is 38.6 Å². The van der Waals surface area contributed by atoms with Crippen LogP contribution in [0.2, 0.25) is 0 Å². The number of aromatic nitrogens is 4. The molecule has 1 fully saturated rings. The molecule has 112 valence electrons. The lowest BCUT2D eigenvalue weighted by molar-refractivity contribution is -0.183. The fraction of sp³-hybridized carbons (Fsp3) is 0.800. The lowest BCUT2D eigenvalue weighted by Gasteiger charge is -2.38. The Morgan fingerprint density at radius 3 is 2.45 bits per heavy atom. The molecular formula is C10H15F3N6O. The highest BCUT2D eigenvalue weighted by Gasteiger charge is 2.41. The molecule has 1 amide bonds. The van der Waals surface area contributed by atoms with Crippen LogP contribution in [0.4, 0.5) is 13.2 Å². The largest absolute Gasteiger partial charge is 0.403 e. The van der Waals surface area contributed by atoms with Crippen LogP contribution < -0.4 is 0 Å². The van der Waals surface area contributed by atoms with Crippen LogP contribution in [0.1, 0.15) is 6.92 Å². The average molecular weight is 292 g/mol. The van der Waals surface area contributed by atoms with Crippen molar-refractivity contribution in [3.63, 3.8) is 0 Å². The zero-order valence-electron chi connectivity index (χ0n) is 10.9. The first-order chi connectivity index (χ1) is 9.38. The molecule has 1 aromatic heterocycles. The zero-order chi connectivity index (χ0) is 14.8. The second-order valence-electron chi connectivity index (χ2n) is 4.64. The van der Waals surface area contributed by atoms with Crippen LogP contribution in [-0.4, -0.2) is 74.3 Å². The summed E-state index contributed by atoms with van der Waals surface area (Å²) in [5.74, 6) is -0.198. The number of piperazine rings is 1. The molecule has 20 heavy (non-hydrogen) atoms. The number of carbonyl (C=O) groups excluding carboxylic acids is 1. The second kappa shape index (κ2) is 5.73. The molecule has 0 aliphatic carbocycles. The molecule has 0 radical (unpaired) electrons. The Labute approximate surface area is 113 Å². The summed E-state index contributed by atoms with van der Waals surface area (Å²) < 4.78 is 39.1. The first-order valence-corrected chi connectivity index (χ1v) is 6.17. The third-order valence-corrected chi connectivity index (χ3v) is 3.38. The average Bonchev–Trinajstić information content (AvgIpc) is 2.90. The third kappa shape index (κ3) is 3.44. The molecule has 2 heterocycles. The molecule has 0 spiro atoms. The highest BCUT2D eigenvalue weighted by Crippen LogP contribution is 2.25. The van der Waals surface area contributed by atoms with Crippen LogP contribution in [0.5, 0.6) is 0 Å². The van der Waals surface area contributed by atoms with Crippen molar-refractivity contribution in [2.45, 2.75) is 25.7 Å². The number of hydrogen-bond donors (Lipinski definition) is 0. The van der Waals surface area contributed by atoms with Gasteiger partial charge < -0.3 is 4.90 Å². The van der Waals surface area contributed by atoms with Gasteiger partial charge in [-0.15, -0.1) is 5.10 Å². The normalized spacial score (nSPS) is 19.1. The number of amides is 1. The summed E-state index contributed by atoms with van der Waals surface area (Å²) in [5, 5.41) is 10.4. The van der Waals surface area contributed by atoms with Gasteiger partial charge >= 0.3 is 6.18 Å². The third-order valence-electron chi connectivity index (χ3n) is 3.38. The number of alkyl halides is 3. The van der Waals surface area contributed by atoms with Crippen molar-refractivity contribution < 1.29 is 18.0 Å². The van der Waals surface area contributed by atoms with Crippen molar-refractivity contribution >= 4 is 5.91 Å². The fourth-order valence-electron chi connectivity index (χ4n) is 2.06. The predicted octanol–water partition coefficient (Wildman–Crippen LogP) is -0.232. The molecule has 1 aliphatic heterocycles. The Bertz CT molecular complexity index is 440. The van der Waals surface area contributed by atoms with Crippen molar-refractivity contribution in [3.8, 4) is 0 Å². The molecule has 10 heteroatoms. The SMILES string of the molecule is C[C@@H](N1CCN(C(=O)Cn2cnnn2)CC1)C(F)(F)F. The Hall–Kier alpha value is -1.71. The van der Waals surface area contributed by atoms with Crippen LogP contribution in [0.15, 0.2) is 6.33 Å². The van der Waals surface area contributed by atoms with Gasteiger partial charge in [0.05, 0.1) is 0 Å². The maximum atomic E-state index is 12.6. The predicted molar refractivity (Wildman–Crippen MR) is 61.5 cm³/mol. The van der Waals surface area contributed by atoms with Gasteiger partial charge in [0.25, 0.3) is 0 Å². The molecule has 0 unspecified atom stereocenters. The fourth-order valence-corrected chi connectivity index (χ4v) is 2.06. The highest BCUT2D eigenvalue weighted by molar-refractivity contribution is 5.75. The van der Waals surface area contributed by atoms with E-state index < -0.39 is 12.2 Å². The van der Waals surface area contributed by atoms with Crippen molar-refractivity contribution in [2.75, 3.05) is 26.2 Å². The minimum absolute atomic E-state index is 0.00181. The summed E-state index contributed by atoms with van der Waals surface area (Å²) in [6.07, 6.45) is -2.92. The van der Waals surface area contributed by atoms with E-state index in [2.05, 4.69) is 15.5 Å². The van der Waals surface area contributed by atoms with E-state index in [0.717, 1.165) is 6.92 Å². The smallest absolute Gasteiger partial charge is 0.339 e. The van der Waals surface area contributed by atoms with Gasteiger partial charge in [0, 0.05) is 26.2 Å². The molecule has 1 aliphatic rings. The van der Waals surface area contributed by atoms with Gasteiger partial charge in [0.15, 0.2) is 0 Å². The maximum absolute atomic E-state index is 12.6. The minimum atomic E-state index is -4.24. The summed E-state index contributed by atoms with van der Waals surface area (Å²) in [4.78, 5) is 14.8. The van der Waals surface area contributed by atoms with Gasteiger partial charge in [-0.25, -0.2) is 4.68 Å². The van der Waals surface area contributed by atoms with E-state index in [1.54, 1.807) is 0 Å². The van der Waals surface area contributed by atoms with Gasteiger partial charge in [-0.05, 0) is 17.4 Å². The van der Waals surface area contributed by atoms with Crippen LogP contribution in [-0.2, 0) is 11.3 Å². The maximum Gasteiger partial charge on any atom is 0.403 e. The van der Waals surface area contributed by atoms with Crippen molar-refractivity contribution in [2.24, 2.45) is 0 Å². The number of halogens is 3. The van der Waals surface area contributed by atoms with Crippen molar-refractivity contribution in [1.29, 1.82) is 0 Å². The summed E-state index contributed by atoms with van der Waals surface area (Å²) >= 11 is 0. The number of carbonyl (C=O) groups is 1. The highest BCUT2D eigenvalue weighted by atomic mass is 19.4. The van der Waals surface area contributed by atoms with Crippen LogP contribution in [0.3, 0.4) is 0 Å². The monoisotopic (exact) mass is 292 g/mol. The molecule has 2 rings (SSSR count). The topological polar surface area (TPSA) is 67.2 Å². The van der Waals surface area contributed by atoms with Gasteiger partial charge in [-0.1, -0.05) is 0 Å². The molecular weight excluding hydrogens is 277 g/mol. The number of nitrogens with zero attached hydrogens (tertiary/aromatic N) is 6. The van der Waals surface area contributed by atoms with E-state index in [0.29, 0.717) is 0 Å². The number of tetrazole rings is 1. The Morgan fingerprint density at radius 1 is 1.30 bits per heavy atom. The molecule has 7 nitrogen and oxygen atoms in total. The summed E-state index contributed by atoms with van der Waals surface area (Å²) in [6.45, 7) is 2.12. The van der Waals surface area contributed by atoms with Gasteiger partial charge in [0.1, 0.15) is 18.9 Å². The van der Waals surface area contributed by atoms with E-state index in [9.17, 15) is 18.0 Å². The molecule has 0 N–H and O–H groups in total. The van der Waals surface area contributed by atoms with E-state index in [4.69, 9.17) is 0 Å². The van der Waals surface area contributed by atoms with Gasteiger partial charge in [0.2, 0.25) is 5.91 Å². The van der Waals surface area contributed by atoms with Crippen LogP contribution in [0.25, 0.3) is 0 Å². The first-order valence-electron chi connectivity index (χ1n) is 6.17. The molecule has 0 saturated carbocycles. The van der Waals surface area contributed by atoms with Crippen molar-refractivity contribution in [1.82, 2.24) is 30.0 Å². The quantitative estimate of drug-likeness (QED) is 0.770. The first kappa shape index (κ1) is 14.7. The van der Waals surface area contributed by atoms with E-state index in [1.165, 1.54) is 20.8 Å². The summed E-state index contributed by atoms with van der Waals surface area (Å²) in [7, 11) is 0. The summed E-state index contributed by atoms with van der Waals surface area (Å²) in [5.41, 5.74) is 0. The second-order valence-corrected chi connectivity index (χ2v) is 4.64. The number of hydrogen-bond acceptors (Lipinski definition) is 5.